The first-order chi connectivity index (χ1) is 4.74. The van der Waals surface area contributed by atoms with E-state index in [1.54, 1.807) is 11.9 Å². The Balaban J connectivity index is 2.34. The van der Waals surface area contributed by atoms with Gasteiger partial charge in [-0.15, -0.1) is 11.6 Å². The van der Waals surface area contributed by atoms with E-state index in [1.165, 1.54) is 0 Å². The van der Waals surface area contributed by atoms with Crippen LogP contribution in [-0.2, 0) is 4.74 Å². The maximum atomic E-state index is 10.7. The molecule has 0 bridgehead atoms. The van der Waals surface area contributed by atoms with E-state index in [4.69, 9.17) is 16.3 Å². The van der Waals surface area contributed by atoms with Crippen molar-refractivity contribution in [2.24, 2.45) is 0 Å². The molecular weight excluding hydrogens is 154 g/mol. The molecule has 0 aromatic carbocycles. The van der Waals surface area contributed by atoms with Gasteiger partial charge in [0, 0.05) is 12.9 Å². The van der Waals surface area contributed by atoms with E-state index in [2.05, 4.69) is 0 Å². The number of cyclic esters (lactones) is 1. The lowest BCUT2D eigenvalue weighted by Crippen LogP contribution is -2.19. The third-order valence-electron chi connectivity index (χ3n) is 1.49. The largest absolute Gasteiger partial charge is 0.444 e. The lowest BCUT2D eigenvalue weighted by Gasteiger charge is -2.02. The molecule has 1 amide bonds. The van der Waals surface area contributed by atoms with Crippen molar-refractivity contribution in [1.29, 1.82) is 0 Å². The van der Waals surface area contributed by atoms with Gasteiger partial charge in [0.25, 0.3) is 0 Å². The molecule has 1 saturated heterocycles. The molecule has 58 valence electrons. The summed E-state index contributed by atoms with van der Waals surface area (Å²) in [4.78, 5) is 12.3. The number of hydrogen-bond acceptors (Lipinski definition) is 2. The Morgan fingerprint density at radius 1 is 1.90 bits per heavy atom. The molecule has 0 aromatic rings. The van der Waals surface area contributed by atoms with Gasteiger partial charge in [0.1, 0.15) is 6.10 Å². The van der Waals surface area contributed by atoms with Gasteiger partial charge in [-0.25, -0.2) is 4.79 Å². The quantitative estimate of drug-likeness (QED) is 0.570. The molecule has 3 nitrogen and oxygen atoms in total. The summed E-state index contributed by atoms with van der Waals surface area (Å²) in [6.45, 7) is 0.672. The third kappa shape index (κ3) is 1.53. The van der Waals surface area contributed by atoms with Crippen LogP contribution in [0.4, 0.5) is 4.79 Å². The van der Waals surface area contributed by atoms with Crippen LogP contribution in [0.1, 0.15) is 6.42 Å². The first kappa shape index (κ1) is 7.66. The summed E-state index contributed by atoms with van der Waals surface area (Å²) in [5.74, 6) is 0.547. The van der Waals surface area contributed by atoms with Crippen molar-refractivity contribution < 1.29 is 9.53 Å². The fourth-order valence-electron chi connectivity index (χ4n) is 0.922. The highest BCUT2D eigenvalue weighted by Gasteiger charge is 2.27. The fraction of sp³-hybridized carbons (Fsp3) is 0.833. The van der Waals surface area contributed by atoms with Gasteiger partial charge in [0.2, 0.25) is 0 Å². The van der Waals surface area contributed by atoms with Crippen LogP contribution in [0.5, 0.6) is 0 Å². The van der Waals surface area contributed by atoms with Crippen molar-refractivity contribution >= 4 is 17.7 Å². The predicted molar refractivity (Wildman–Crippen MR) is 38.2 cm³/mol. The molecule has 0 aliphatic carbocycles. The second-order valence-electron chi connectivity index (χ2n) is 2.36. The van der Waals surface area contributed by atoms with Crippen molar-refractivity contribution in [1.82, 2.24) is 4.90 Å². The molecule has 0 aromatic heterocycles. The van der Waals surface area contributed by atoms with Crippen LogP contribution in [-0.4, -0.2) is 36.6 Å². The summed E-state index contributed by atoms with van der Waals surface area (Å²) in [5.41, 5.74) is 0. The topological polar surface area (TPSA) is 29.5 Å². The summed E-state index contributed by atoms with van der Waals surface area (Å²) in [5, 5.41) is 0. The maximum Gasteiger partial charge on any atom is 0.409 e. The minimum absolute atomic E-state index is 0.00926. The van der Waals surface area contributed by atoms with E-state index in [-0.39, 0.29) is 12.2 Å². The Morgan fingerprint density at radius 3 is 3.00 bits per heavy atom. The van der Waals surface area contributed by atoms with Crippen LogP contribution in [0.2, 0.25) is 0 Å². The molecule has 1 fully saturated rings. The van der Waals surface area contributed by atoms with Gasteiger partial charge in [-0.3, -0.25) is 0 Å². The van der Waals surface area contributed by atoms with Crippen LogP contribution >= 0.6 is 11.6 Å². The molecule has 0 spiro atoms. The average molecular weight is 164 g/mol. The summed E-state index contributed by atoms with van der Waals surface area (Å²) in [6.07, 6.45) is 0.516. The number of carbonyl (C=O) groups is 1. The second kappa shape index (κ2) is 3.10. The van der Waals surface area contributed by atoms with Crippen LogP contribution < -0.4 is 0 Å². The zero-order valence-electron chi connectivity index (χ0n) is 5.84. The predicted octanol–water partition coefficient (Wildman–Crippen LogP) is 1.07. The molecule has 0 unspecified atom stereocenters. The molecule has 1 rings (SSSR count). The monoisotopic (exact) mass is 163 g/mol. The summed E-state index contributed by atoms with van der Waals surface area (Å²) >= 11 is 5.47. The zero-order valence-corrected chi connectivity index (χ0v) is 6.60. The molecule has 1 aliphatic rings. The Kier molecular flexibility index (Phi) is 2.38. The number of hydrogen-bond donors (Lipinski definition) is 0. The normalized spacial score (nSPS) is 25.2. The van der Waals surface area contributed by atoms with Crippen LogP contribution in [0.3, 0.4) is 0 Å². The SMILES string of the molecule is CN1C[C@@H](CCCl)OC1=O. The number of likely N-dealkylation sites (N-methyl/N-ethyl adjacent to an activating group) is 1. The first-order valence-corrected chi connectivity index (χ1v) is 3.75. The van der Waals surface area contributed by atoms with Crippen LogP contribution in [0.15, 0.2) is 0 Å². The standard InChI is InChI=1S/C6H10ClNO2/c1-8-4-5(2-3-7)10-6(8)9/h5H,2-4H2,1H3/t5-/m1/s1. The molecule has 10 heavy (non-hydrogen) atoms. The molecular formula is C6H10ClNO2. The number of amides is 1. The van der Waals surface area contributed by atoms with Crippen LogP contribution in [0.25, 0.3) is 0 Å². The highest BCUT2D eigenvalue weighted by Crippen LogP contribution is 2.11. The van der Waals surface area contributed by atoms with Gasteiger partial charge in [0.05, 0.1) is 6.54 Å². The first-order valence-electron chi connectivity index (χ1n) is 3.21. The van der Waals surface area contributed by atoms with Crippen molar-refractivity contribution in [3.05, 3.63) is 0 Å². The van der Waals surface area contributed by atoms with Gasteiger partial charge >= 0.3 is 6.09 Å². The van der Waals surface area contributed by atoms with E-state index >= 15 is 0 Å². The number of ether oxygens (including phenoxy) is 1. The molecule has 1 heterocycles. The van der Waals surface area contributed by atoms with E-state index in [0.717, 1.165) is 6.42 Å². The molecule has 1 aliphatic heterocycles. The summed E-state index contributed by atoms with van der Waals surface area (Å²) in [6, 6.07) is 0. The number of carbonyl (C=O) groups excluding carboxylic acids is 1. The maximum absolute atomic E-state index is 10.7. The smallest absolute Gasteiger partial charge is 0.409 e. The number of nitrogens with zero attached hydrogens (tertiary/aromatic N) is 1. The summed E-state index contributed by atoms with van der Waals surface area (Å²) < 4.78 is 4.92. The Bertz CT molecular complexity index is 140. The van der Waals surface area contributed by atoms with Crippen molar-refractivity contribution in [3.63, 3.8) is 0 Å². The molecule has 1 atom stereocenters. The van der Waals surface area contributed by atoms with E-state index in [0.29, 0.717) is 12.4 Å². The van der Waals surface area contributed by atoms with Crippen molar-refractivity contribution in [2.75, 3.05) is 19.5 Å². The lowest BCUT2D eigenvalue weighted by molar-refractivity contribution is 0.133. The number of alkyl halides is 1. The fourth-order valence-corrected chi connectivity index (χ4v) is 1.17. The number of halogens is 1. The Hall–Kier alpha value is -0.440. The number of rotatable bonds is 2. The van der Waals surface area contributed by atoms with Crippen molar-refractivity contribution in [3.8, 4) is 0 Å². The van der Waals surface area contributed by atoms with Gasteiger partial charge in [-0.05, 0) is 6.42 Å². The van der Waals surface area contributed by atoms with Gasteiger partial charge in [-0.1, -0.05) is 0 Å². The van der Waals surface area contributed by atoms with E-state index in [9.17, 15) is 4.79 Å². The molecule has 4 heteroatoms. The third-order valence-corrected chi connectivity index (χ3v) is 1.71. The van der Waals surface area contributed by atoms with E-state index in [1.807, 2.05) is 0 Å². The lowest BCUT2D eigenvalue weighted by atomic mass is 10.3. The van der Waals surface area contributed by atoms with Gasteiger partial charge < -0.3 is 9.64 Å². The van der Waals surface area contributed by atoms with Gasteiger partial charge in [-0.2, -0.15) is 0 Å². The summed E-state index contributed by atoms with van der Waals surface area (Å²) in [7, 11) is 1.72. The minimum atomic E-state index is -0.241. The van der Waals surface area contributed by atoms with Crippen LogP contribution in [0, 0.1) is 0 Å². The second-order valence-corrected chi connectivity index (χ2v) is 2.74. The molecule has 0 N–H and O–H groups in total. The molecule has 0 radical (unpaired) electrons. The van der Waals surface area contributed by atoms with Crippen molar-refractivity contribution in [2.45, 2.75) is 12.5 Å². The zero-order chi connectivity index (χ0) is 7.56. The average Bonchev–Trinajstić information content (AvgIpc) is 2.14. The minimum Gasteiger partial charge on any atom is -0.444 e. The molecule has 0 saturated carbocycles. The van der Waals surface area contributed by atoms with Gasteiger partial charge in [0.15, 0.2) is 0 Å². The Labute approximate surface area is 64.9 Å². The Morgan fingerprint density at radius 2 is 2.60 bits per heavy atom. The highest BCUT2D eigenvalue weighted by atomic mass is 35.5. The highest BCUT2D eigenvalue weighted by molar-refractivity contribution is 6.17. The van der Waals surface area contributed by atoms with E-state index < -0.39 is 0 Å².